The van der Waals surface area contributed by atoms with E-state index in [0.717, 1.165) is 31.4 Å². The Morgan fingerprint density at radius 1 is 1.03 bits per heavy atom. The van der Waals surface area contributed by atoms with Gasteiger partial charge in [-0.2, -0.15) is 13.2 Å². The van der Waals surface area contributed by atoms with Gasteiger partial charge in [0.25, 0.3) is 11.8 Å². The summed E-state index contributed by atoms with van der Waals surface area (Å²) in [5.41, 5.74) is 0.466. The molecule has 5 rings (SSSR count). The molecule has 2 aliphatic heterocycles. The van der Waals surface area contributed by atoms with Gasteiger partial charge < -0.3 is 19.1 Å². The van der Waals surface area contributed by atoms with E-state index in [-0.39, 0.29) is 23.1 Å². The Morgan fingerprint density at radius 2 is 1.66 bits per heavy atom. The average Bonchev–Trinajstić information content (AvgIpc) is 3.47. The average molecular weight is 528 g/mol. The Kier molecular flexibility index (Phi) is 6.66. The summed E-state index contributed by atoms with van der Waals surface area (Å²) in [4.78, 5) is 30.2. The van der Waals surface area contributed by atoms with Crippen molar-refractivity contribution < 1.29 is 32.0 Å². The summed E-state index contributed by atoms with van der Waals surface area (Å²) in [7, 11) is 0. The Balaban J connectivity index is 1.22. The van der Waals surface area contributed by atoms with Crippen molar-refractivity contribution in [1.82, 2.24) is 15.0 Å². The van der Waals surface area contributed by atoms with Gasteiger partial charge in [-0.05, 0) is 74.7 Å². The first-order chi connectivity index (χ1) is 18.1. The normalized spacial score (nSPS) is 16.6. The maximum atomic E-state index is 13.5. The summed E-state index contributed by atoms with van der Waals surface area (Å²) in [5.74, 6) is 1.05. The quantitative estimate of drug-likeness (QED) is 0.400. The third kappa shape index (κ3) is 4.75. The number of carbonyl (C=O) groups is 2. The van der Waals surface area contributed by atoms with Crippen LogP contribution in [0.2, 0.25) is 0 Å². The molecule has 1 aromatic heterocycles. The number of aryl methyl sites for hydroxylation is 2. The van der Waals surface area contributed by atoms with Gasteiger partial charge in [-0.25, -0.2) is 0 Å². The first-order valence-corrected chi connectivity index (χ1v) is 12.6. The largest absolute Gasteiger partial charge is 0.457 e. The fourth-order valence-corrected chi connectivity index (χ4v) is 5.31. The molecular weight excluding hydrogens is 499 g/mol. The van der Waals surface area contributed by atoms with Crippen LogP contribution < -0.4 is 4.74 Å². The molecule has 0 unspecified atom stereocenters. The van der Waals surface area contributed by atoms with E-state index in [0.29, 0.717) is 54.4 Å². The van der Waals surface area contributed by atoms with Gasteiger partial charge in [-0.15, -0.1) is 0 Å². The highest BCUT2D eigenvalue weighted by molar-refractivity contribution is 5.98. The predicted octanol–water partition coefficient (Wildman–Crippen LogP) is 5.88. The molecule has 2 amide bonds. The number of rotatable bonds is 6. The number of likely N-dealkylation sites (tertiary alicyclic amines) is 2. The van der Waals surface area contributed by atoms with Crippen LogP contribution in [0.25, 0.3) is 0 Å². The smallest absolute Gasteiger partial charge is 0.416 e. The maximum absolute atomic E-state index is 13.5. The Morgan fingerprint density at radius 3 is 2.26 bits per heavy atom. The van der Waals surface area contributed by atoms with Gasteiger partial charge in [-0.3, -0.25) is 9.59 Å². The van der Waals surface area contributed by atoms with Crippen LogP contribution in [-0.4, -0.2) is 51.9 Å². The van der Waals surface area contributed by atoms with Crippen molar-refractivity contribution in [2.24, 2.45) is 0 Å². The minimum absolute atomic E-state index is 0.0819. The van der Waals surface area contributed by atoms with Crippen molar-refractivity contribution >= 4 is 11.8 Å². The van der Waals surface area contributed by atoms with Crippen LogP contribution >= 0.6 is 0 Å². The van der Waals surface area contributed by atoms with E-state index in [2.05, 4.69) is 5.16 Å². The summed E-state index contributed by atoms with van der Waals surface area (Å²) < 4.78 is 49.3. The van der Waals surface area contributed by atoms with Crippen molar-refractivity contribution in [2.45, 2.75) is 51.2 Å². The molecule has 3 aromatic rings. The summed E-state index contributed by atoms with van der Waals surface area (Å²) in [5, 5.41) is 4.01. The molecule has 0 radical (unpaired) electrons. The molecule has 2 saturated heterocycles. The third-order valence-corrected chi connectivity index (χ3v) is 7.24. The highest BCUT2D eigenvalue weighted by atomic mass is 19.4. The number of halogens is 3. The minimum Gasteiger partial charge on any atom is -0.457 e. The standard InChI is InChI=1S/C28H28F3N3O4/c1-3-5-23-24(18(2)32-38-23)26(36)34-15-4-14-27(34)16-33(17-27)25(35)19-6-10-21(11-7-19)37-22-12-8-20(9-13-22)28(29,30)31/h6-13H,3-5,14-17H2,1-2H3. The Hall–Kier alpha value is -3.82. The minimum atomic E-state index is -4.41. The number of hydrogen-bond acceptors (Lipinski definition) is 5. The van der Waals surface area contributed by atoms with Crippen LogP contribution in [0, 0.1) is 6.92 Å². The molecule has 1 spiro atoms. The van der Waals surface area contributed by atoms with Crippen LogP contribution in [0.4, 0.5) is 13.2 Å². The zero-order chi connectivity index (χ0) is 27.1. The van der Waals surface area contributed by atoms with E-state index in [9.17, 15) is 22.8 Å². The molecule has 200 valence electrons. The molecule has 2 fully saturated rings. The SMILES string of the molecule is CCCc1onc(C)c1C(=O)N1CCCC12CN(C(=O)c1ccc(Oc3ccc(C(F)(F)F)cc3)cc1)C2. The third-order valence-electron chi connectivity index (χ3n) is 7.24. The van der Waals surface area contributed by atoms with Crippen molar-refractivity contribution in [1.29, 1.82) is 0 Å². The predicted molar refractivity (Wildman–Crippen MR) is 132 cm³/mol. The monoisotopic (exact) mass is 527 g/mol. The van der Waals surface area contributed by atoms with Crippen molar-refractivity contribution in [2.75, 3.05) is 19.6 Å². The van der Waals surface area contributed by atoms with E-state index in [1.807, 2.05) is 11.8 Å². The van der Waals surface area contributed by atoms with Gasteiger partial charge in [-0.1, -0.05) is 12.1 Å². The topological polar surface area (TPSA) is 75.9 Å². The lowest BCUT2D eigenvalue weighted by molar-refractivity contribution is -0.137. The Bertz CT molecular complexity index is 1330. The lowest BCUT2D eigenvalue weighted by atomic mass is 9.85. The highest BCUT2D eigenvalue weighted by Gasteiger charge is 2.54. The van der Waals surface area contributed by atoms with Gasteiger partial charge in [0.15, 0.2) is 0 Å². The molecule has 0 bridgehead atoms. The molecule has 7 nitrogen and oxygen atoms in total. The molecular formula is C28H28F3N3O4. The van der Waals surface area contributed by atoms with E-state index in [1.165, 1.54) is 12.1 Å². The molecule has 0 saturated carbocycles. The number of nitrogens with zero attached hydrogens (tertiary/aromatic N) is 3. The van der Waals surface area contributed by atoms with E-state index < -0.39 is 11.7 Å². The first-order valence-electron chi connectivity index (χ1n) is 12.6. The lowest BCUT2D eigenvalue weighted by Gasteiger charge is -2.52. The molecule has 0 atom stereocenters. The number of benzene rings is 2. The number of amides is 2. The number of ether oxygens (including phenoxy) is 1. The number of carbonyl (C=O) groups excluding carboxylic acids is 2. The molecule has 10 heteroatoms. The second-order valence-electron chi connectivity index (χ2n) is 9.91. The van der Waals surface area contributed by atoms with Crippen molar-refractivity contribution in [3.05, 3.63) is 76.7 Å². The van der Waals surface area contributed by atoms with Crippen LogP contribution in [0.15, 0.2) is 53.1 Å². The second-order valence-corrected chi connectivity index (χ2v) is 9.91. The highest BCUT2D eigenvalue weighted by Crippen LogP contribution is 2.40. The fraction of sp³-hybridized carbons (Fsp3) is 0.393. The number of aromatic nitrogens is 1. The van der Waals surface area contributed by atoms with Crippen molar-refractivity contribution in [3.63, 3.8) is 0 Å². The maximum Gasteiger partial charge on any atom is 0.416 e. The molecule has 2 aliphatic rings. The summed E-state index contributed by atoms with van der Waals surface area (Å²) in [6.45, 7) is 5.34. The number of hydrogen-bond donors (Lipinski definition) is 0. The molecule has 0 N–H and O–H groups in total. The molecule has 0 aliphatic carbocycles. The Labute approximate surface area is 218 Å². The molecule has 38 heavy (non-hydrogen) atoms. The molecule has 3 heterocycles. The van der Waals surface area contributed by atoms with Crippen LogP contribution in [-0.2, 0) is 12.6 Å². The molecule has 2 aromatic carbocycles. The van der Waals surface area contributed by atoms with E-state index in [1.54, 1.807) is 36.1 Å². The van der Waals surface area contributed by atoms with Gasteiger partial charge in [0.05, 0.1) is 16.8 Å². The summed E-state index contributed by atoms with van der Waals surface area (Å²) >= 11 is 0. The fourth-order valence-electron chi connectivity index (χ4n) is 5.31. The van der Waals surface area contributed by atoms with Crippen LogP contribution in [0.3, 0.4) is 0 Å². The summed E-state index contributed by atoms with van der Waals surface area (Å²) in [6, 6.07) is 10.9. The van der Waals surface area contributed by atoms with Gasteiger partial charge >= 0.3 is 6.18 Å². The summed E-state index contributed by atoms with van der Waals surface area (Å²) in [6.07, 6.45) is -1.22. The van der Waals surface area contributed by atoms with Crippen molar-refractivity contribution in [3.8, 4) is 11.5 Å². The number of alkyl halides is 3. The lowest BCUT2D eigenvalue weighted by Crippen LogP contribution is -2.69. The van der Waals surface area contributed by atoms with Gasteiger partial charge in [0, 0.05) is 31.6 Å². The second kappa shape index (κ2) is 9.81. The van der Waals surface area contributed by atoms with E-state index >= 15 is 0 Å². The van der Waals surface area contributed by atoms with Crippen LogP contribution in [0.1, 0.15) is 63.9 Å². The zero-order valence-corrected chi connectivity index (χ0v) is 21.2. The van der Waals surface area contributed by atoms with Crippen LogP contribution in [0.5, 0.6) is 11.5 Å². The first kappa shape index (κ1) is 25.8. The zero-order valence-electron chi connectivity index (χ0n) is 21.2. The van der Waals surface area contributed by atoms with E-state index in [4.69, 9.17) is 9.26 Å². The van der Waals surface area contributed by atoms with Gasteiger partial charge in [0.1, 0.15) is 22.8 Å². The van der Waals surface area contributed by atoms with Gasteiger partial charge in [0.2, 0.25) is 0 Å².